The van der Waals surface area contributed by atoms with Crippen molar-refractivity contribution in [3.63, 3.8) is 0 Å². The number of nitrogens with zero attached hydrogens (tertiary/aromatic N) is 2. The average molecular weight is 386 g/mol. The molecule has 0 aromatic carbocycles. The first kappa shape index (κ1) is 18.5. The van der Waals surface area contributed by atoms with Crippen LogP contribution in [-0.2, 0) is 17.5 Å². The second-order valence-corrected chi connectivity index (χ2v) is 7.69. The van der Waals surface area contributed by atoms with Crippen molar-refractivity contribution in [2.75, 3.05) is 18.6 Å². The molecule has 0 spiro atoms. The number of aromatic nitrogens is 1. The molecule has 0 bridgehead atoms. The maximum Gasteiger partial charge on any atom is 0.417 e. The van der Waals surface area contributed by atoms with E-state index < -0.39 is 23.3 Å². The van der Waals surface area contributed by atoms with Crippen LogP contribution in [-0.4, -0.2) is 30.2 Å². The lowest BCUT2D eigenvalue weighted by Crippen LogP contribution is -2.46. The van der Waals surface area contributed by atoms with E-state index in [1.165, 1.54) is 18.4 Å². The second kappa shape index (κ2) is 6.46. The third-order valence-corrected chi connectivity index (χ3v) is 4.89. The van der Waals surface area contributed by atoms with Gasteiger partial charge in [-0.3, -0.25) is 0 Å². The largest absolute Gasteiger partial charge is 0.468 e. The molecule has 3 heterocycles. The minimum atomic E-state index is -4.48. The molecular weight excluding hydrogens is 369 g/mol. The van der Waals surface area contributed by atoms with Crippen LogP contribution in [0.25, 0.3) is 0 Å². The summed E-state index contributed by atoms with van der Waals surface area (Å²) in [5.41, 5.74) is -1.15. The third kappa shape index (κ3) is 3.77. The molecule has 0 fully saturated rings. The first-order valence-electron chi connectivity index (χ1n) is 7.77. The smallest absolute Gasteiger partial charge is 0.417 e. The summed E-state index contributed by atoms with van der Waals surface area (Å²) < 4.78 is 49.5. The van der Waals surface area contributed by atoms with Crippen LogP contribution in [0.4, 0.5) is 18.9 Å². The zero-order valence-corrected chi connectivity index (χ0v) is 15.2. The number of carbonyl (C=O) groups is 1. The van der Waals surface area contributed by atoms with Gasteiger partial charge >= 0.3 is 12.1 Å². The van der Waals surface area contributed by atoms with Crippen molar-refractivity contribution in [2.24, 2.45) is 0 Å². The lowest BCUT2D eigenvalue weighted by molar-refractivity contribution is -0.137. The number of alkyl halides is 3. The fraction of sp³-hybridized carbons (Fsp3) is 0.412. The predicted molar refractivity (Wildman–Crippen MR) is 90.7 cm³/mol. The molecule has 0 unspecified atom stereocenters. The molecule has 9 heteroatoms. The molecule has 1 aliphatic rings. The van der Waals surface area contributed by atoms with Crippen molar-refractivity contribution in [3.8, 4) is 5.88 Å². The van der Waals surface area contributed by atoms with E-state index in [9.17, 15) is 18.0 Å². The van der Waals surface area contributed by atoms with E-state index >= 15 is 0 Å². The van der Waals surface area contributed by atoms with Gasteiger partial charge in [0.2, 0.25) is 5.88 Å². The zero-order valence-electron chi connectivity index (χ0n) is 14.4. The first-order chi connectivity index (χ1) is 12.1. The summed E-state index contributed by atoms with van der Waals surface area (Å²) in [6, 6.07) is 4.45. The second-order valence-electron chi connectivity index (χ2n) is 6.52. The molecule has 2 aromatic heterocycles. The van der Waals surface area contributed by atoms with Gasteiger partial charge in [0.1, 0.15) is 16.2 Å². The molecule has 0 saturated carbocycles. The van der Waals surface area contributed by atoms with Gasteiger partial charge < -0.3 is 14.4 Å². The van der Waals surface area contributed by atoms with E-state index in [-0.39, 0.29) is 11.6 Å². The number of methoxy groups -OCH3 is 1. The lowest BCUT2D eigenvalue weighted by Gasteiger charge is -2.40. The number of rotatable bonds is 3. The van der Waals surface area contributed by atoms with Gasteiger partial charge in [0.05, 0.1) is 25.8 Å². The highest BCUT2D eigenvalue weighted by molar-refractivity contribution is 7.13. The SMILES string of the molecule is COC(=O)c1ccc(CN2CC(C)(C)Oc3ncc(C(F)(F)F)cc32)s1. The van der Waals surface area contributed by atoms with Gasteiger partial charge in [-0.05, 0) is 32.0 Å². The maximum atomic E-state index is 13.0. The number of ether oxygens (including phenoxy) is 2. The highest BCUT2D eigenvalue weighted by Gasteiger charge is 2.37. The Morgan fingerprint density at radius 2 is 2.15 bits per heavy atom. The molecule has 2 aromatic rings. The predicted octanol–water partition coefficient (Wildman–Crippen LogP) is 4.13. The van der Waals surface area contributed by atoms with Crippen LogP contribution in [0.15, 0.2) is 24.4 Å². The van der Waals surface area contributed by atoms with Crippen LogP contribution in [0.2, 0.25) is 0 Å². The van der Waals surface area contributed by atoms with Crippen LogP contribution in [0, 0.1) is 0 Å². The van der Waals surface area contributed by atoms with Gasteiger partial charge in [-0.15, -0.1) is 11.3 Å². The summed E-state index contributed by atoms with van der Waals surface area (Å²) in [5.74, 6) is -0.274. The van der Waals surface area contributed by atoms with Crippen molar-refractivity contribution in [1.29, 1.82) is 0 Å². The monoisotopic (exact) mass is 386 g/mol. The Balaban J connectivity index is 1.94. The van der Waals surface area contributed by atoms with Crippen molar-refractivity contribution in [2.45, 2.75) is 32.2 Å². The molecule has 1 aliphatic heterocycles. The van der Waals surface area contributed by atoms with Gasteiger partial charge in [-0.2, -0.15) is 13.2 Å². The van der Waals surface area contributed by atoms with Crippen molar-refractivity contribution in [1.82, 2.24) is 4.98 Å². The minimum Gasteiger partial charge on any atom is -0.468 e. The Morgan fingerprint density at radius 1 is 1.42 bits per heavy atom. The third-order valence-electron chi connectivity index (χ3n) is 3.84. The first-order valence-corrected chi connectivity index (χ1v) is 8.59. The van der Waals surface area contributed by atoms with Crippen molar-refractivity contribution >= 4 is 23.0 Å². The highest BCUT2D eigenvalue weighted by atomic mass is 32.1. The molecule has 5 nitrogen and oxygen atoms in total. The molecular formula is C17H17F3N2O3S. The van der Waals surface area contributed by atoms with Gasteiger partial charge in [0.15, 0.2) is 0 Å². The van der Waals surface area contributed by atoms with Crippen molar-refractivity contribution in [3.05, 3.63) is 39.7 Å². The van der Waals surface area contributed by atoms with Crippen molar-refractivity contribution < 1.29 is 27.4 Å². The standard InChI is InChI=1S/C17H17F3N2O3S/c1-16(2)9-22(8-11-4-5-13(26-11)15(23)24-3)12-6-10(17(18,19)20)7-21-14(12)25-16/h4-7H,8-9H2,1-3H3. The average Bonchev–Trinajstić information content (AvgIpc) is 3.00. The lowest BCUT2D eigenvalue weighted by atomic mass is 10.1. The number of halogens is 3. The number of esters is 1. The number of fused-ring (bicyclic) bond motifs is 1. The zero-order chi connectivity index (χ0) is 19.1. The number of anilines is 1. The quantitative estimate of drug-likeness (QED) is 0.743. The summed E-state index contributed by atoms with van der Waals surface area (Å²) >= 11 is 1.24. The Bertz CT molecular complexity index is 833. The summed E-state index contributed by atoms with van der Waals surface area (Å²) in [6.07, 6.45) is -3.71. The Morgan fingerprint density at radius 3 is 2.81 bits per heavy atom. The van der Waals surface area contributed by atoms with E-state index in [4.69, 9.17) is 4.74 Å². The van der Waals surface area contributed by atoms with E-state index in [0.29, 0.717) is 18.0 Å². The topological polar surface area (TPSA) is 51.7 Å². The highest BCUT2D eigenvalue weighted by Crippen LogP contribution is 2.40. The van der Waals surface area contributed by atoms with Crippen LogP contribution in [0.3, 0.4) is 0 Å². The molecule has 0 radical (unpaired) electrons. The Kier molecular flexibility index (Phi) is 4.60. The van der Waals surface area contributed by atoms with Crippen LogP contribution < -0.4 is 9.64 Å². The van der Waals surface area contributed by atoms with Crippen LogP contribution in [0.5, 0.6) is 5.88 Å². The molecule has 0 atom stereocenters. The van der Waals surface area contributed by atoms with Gasteiger partial charge in [0, 0.05) is 11.1 Å². The maximum absolute atomic E-state index is 13.0. The molecule has 0 N–H and O–H groups in total. The van der Waals surface area contributed by atoms with E-state index in [1.807, 2.05) is 13.8 Å². The Hall–Kier alpha value is -2.29. The van der Waals surface area contributed by atoms with Gasteiger partial charge in [-0.1, -0.05) is 0 Å². The van der Waals surface area contributed by atoms with E-state index in [0.717, 1.165) is 17.1 Å². The molecule has 0 amide bonds. The summed E-state index contributed by atoms with van der Waals surface area (Å²) in [5, 5.41) is 0. The number of hydrogen-bond donors (Lipinski definition) is 0. The van der Waals surface area contributed by atoms with Gasteiger partial charge in [-0.25, -0.2) is 9.78 Å². The number of pyridine rings is 1. The number of hydrogen-bond acceptors (Lipinski definition) is 6. The molecule has 0 saturated heterocycles. The molecule has 26 heavy (non-hydrogen) atoms. The summed E-state index contributed by atoms with van der Waals surface area (Å²) in [6.45, 7) is 4.41. The molecule has 0 aliphatic carbocycles. The van der Waals surface area contributed by atoms with E-state index in [1.54, 1.807) is 17.0 Å². The van der Waals surface area contributed by atoms with Gasteiger partial charge in [0.25, 0.3) is 0 Å². The Labute approximate surface area is 152 Å². The number of carbonyl (C=O) groups excluding carboxylic acids is 1. The fourth-order valence-corrected chi connectivity index (χ4v) is 3.68. The van der Waals surface area contributed by atoms with Crippen LogP contribution >= 0.6 is 11.3 Å². The number of thiophene rings is 1. The fourth-order valence-electron chi connectivity index (χ4n) is 2.74. The summed E-state index contributed by atoms with van der Waals surface area (Å²) in [4.78, 5) is 18.5. The van der Waals surface area contributed by atoms with E-state index in [2.05, 4.69) is 9.72 Å². The normalized spacial score (nSPS) is 16.0. The molecule has 140 valence electrons. The van der Waals surface area contributed by atoms with Crippen LogP contribution in [0.1, 0.15) is 34.0 Å². The summed E-state index contributed by atoms with van der Waals surface area (Å²) in [7, 11) is 1.30. The minimum absolute atomic E-state index is 0.166. The molecule has 3 rings (SSSR count).